The van der Waals surface area contributed by atoms with Crippen molar-refractivity contribution in [2.45, 2.75) is 38.3 Å². The maximum Gasteiger partial charge on any atom is 0.240 e. The standard InChI is InChI=1S/C14H19ClN2O/c1-2-14(8-5-9-17-14)13(18)16-10-11-6-3-4-7-12(11)15/h3-4,6-7,17H,2,5,8-10H2,1H3,(H,16,18). The summed E-state index contributed by atoms with van der Waals surface area (Å²) < 4.78 is 0. The summed E-state index contributed by atoms with van der Waals surface area (Å²) in [4.78, 5) is 12.3. The van der Waals surface area contributed by atoms with Crippen molar-refractivity contribution in [1.82, 2.24) is 10.6 Å². The lowest BCUT2D eigenvalue weighted by Crippen LogP contribution is -2.52. The Morgan fingerprint density at radius 2 is 2.28 bits per heavy atom. The van der Waals surface area contributed by atoms with Crippen LogP contribution in [0, 0.1) is 0 Å². The topological polar surface area (TPSA) is 41.1 Å². The van der Waals surface area contributed by atoms with Gasteiger partial charge in [0.05, 0.1) is 5.54 Å². The molecule has 0 radical (unpaired) electrons. The summed E-state index contributed by atoms with van der Waals surface area (Å²) in [5.41, 5.74) is 0.582. The molecule has 1 heterocycles. The van der Waals surface area contributed by atoms with Crippen LogP contribution in [0.3, 0.4) is 0 Å². The highest BCUT2D eigenvalue weighted by molar-refractivity contribution is 6.31. The molecule has 98 valence electrons. The second kappa shape index (κ2) is 5.72. The number of nitrogens with one attached hydrogen (secondary N) is 2. The minimum atomic E-state index is -0.374. The van der Waals surface area contributed by atoms with Gasteiger partial charge in [0, 0.05) is 11.6 Å². The van der Waals surface area contributed by atoms with Crippen molar-refractivity contribution >= 4 is 17.5 Å². The summed E-state index contributed by atoms with van der Waals surface area (Å²) in [7, 11) is 0. The van der Waals surface area contributed by atoms with Gasteiger partial charge in [-0.2, -0.15) is 0 Å². The lowest BCUT2D eigenvalue weighted by Gasteiger charge is -2.26. The van der Waals surface area contributed by atoms with Gasteiger partial charge in [-0.05, 0) is 37.4 Å². The minimum absolute atomic E-state index is 0.0856. The smallest absolute Gasteiger partial charge is 0.240 e. The predicted octanol–water partition coefficient (Wildman–Crippen LogP) is 2.49. The van der Waals surface area contributed by atoms with Gasteiger partial charge < -0.3 is 10.6 Å². The van der Waals surface area contributed by atoms with Gasteiger partial charge in [-0.25, -0.2) is 0 Å². The molecule has 4 heteroatoms. The molecule has 1 atom stereocenters. The van der Waals surface area contributed by atoms with Crippen molar-refractivity contribution in [2.75, 3.05) is 6.54 Å². The van der Waals surface area contributed by atoms with Crippen LogP contribution < -0.4 is 10.6 Å². The quantitative estimate of drug-likeness (QED) is 0.879. The van der Waals surface area contributed by atoms with E-state index in [2.05, 4.69) is 10.6 Å². The lowest BCUT2D eigenvalue weighted by molar-refractivity contribution is -0.127. The Morgan fingerprint density at radius 3 is 2.89 bits per heavy atom. The minimum Gasteiger partial charge on any atom is -0.350 e. The van der Waals surface area contributed by atoms with Gasteiger partial charge in [0.2, 0.25) is 5.91 Å². The first kappa shape index (κ1) is 13.4. The zero-order valence-electron chi connectivity index (χ0n) is 10.6. The van der Waals surface area contributed by atoms with E-state index in [0.29, 0.717) is 11.6 Å². The maximum absolute atomic E-state index is 12.3. The van der Waals surface area contributed by atoms with Gasteiger partial charge in [0.15, 0.2) is 0 Å². The van der Waals surface area contributed by atoms with Gasteiger partial charge in [-0.15, -0.1) is 0 Å². The number of carbonyl (C=O) groups excluding carboxylic acids is 1. The van der Waals surface area contributed by atoms with E-state index in [1.807, 2.05) is 31.2 Å². The molecule has 1 aromatic rings. The van der Waals surface area contributed by atoms with Crippen LogP contribution in [0.5, 0.6) is 0 Å². The Kier molecular flexibility index (Phi) is 4.25. The average molecular weight is 267 g/mol. The number of halogens is 1. The first-order valence-electron chi connectivity index (χ1n) is 6.45. The molecule has 0 aliphatic carbocycles. The molecule has 0 aromatic heterocycles. The predicted molar refractivity (Wildman–Crippen MR) is 73.6 cm³/mol. The normalized spacial score (nSPS) is 23.0. The Bertz CT molecular complexity index is 428. The number of carbonyl (C=O) groups is 1. The largest absolute Gasteiger partial charge is 0.350 e. The van der Waals surface area contributed by atoms with E-state index >= 15 is 0 Å². The zero-order valence-corrected chi connectivity index (χ0v) is 11.4. The molecule has 0 saturated carbocycles. The molecule has 0 bridgehead atoms. The van der Waals surface area contributed by atoms with Gasteiger partial charge in [0.1, 0.15) is 0 Å². The first-order chi connectivity index (χ1) is 8.68. The molecule has 18 heavy (non-hydrogen) atoms. The van der Waals surface area contributed by atoms with Crippen LogP contribution >= 0.6 is 11.6 Å². The zero-order chi connectivity index (χ0) is 13.0. The molecule has 0 spiro atoms. The molecule has 1 aliphatic rings. The second-order valence-corrected chi connectivity index (χ2v) is 5.15. The van der Waals surface area contributed by atoms with Crippen LogP contribution in [0.25, 0.3) is 0 Å². The van der Waals surface area contributed by atoms with Gasteiger partial charge in [-0.3, -0.25) is 4.79 Å². The molecule has 1 aromatic carbocycles. The molecule has 1 amide bonds. The van der Waals surface area contributed by atoms with Crippen LogP contribution in [-0.4, -0.2) is 18.0 Å². The van der Waals surface area contributed by atoms with Crippen molar-refractivity contribution in [3.8, 4) is 0 Å². The summed E-state index contributed by atoms with van der Waals surface area (Å²) in [6.45, 7) is 3.46. The molecule has 1 saturated heterocycles. The molecule has 1 fully saturated rings. The van der Waals surface area contributed by atoms with E-state index in [9.17, 15) is 4.79 Å². The van der Waals surface area contributed by atoms with Crippen LogP contribution in [0.4, 0.5) is 0 Å². The maximum atomic E-state index is 12.3. The first-order valence-corrected chi connectivity index (χ1v) is 6.82. The van der Waals surface area contributed by atoms with E-state index < -0.39 is 0 Å². The van der Waals surface area contributed by atoms with E-state index in [1.54, 1.807) is 0 Å². The molecular weight excluding hydrogens is 248 g/mol. The van der Waals surface area contributed by atoms with Crippen LogP contribution in [0.1, 0.15) is 31.7 Å². The third-order valence-corrected chi connectivity index (χ3v) is 4.05. The average Bonchev–Trinajstić information content (AvgIpc) is 2.87. The SMILES string of the molecule is CCC1(C(=O)NCc2ccccc2Cl)CCCN1. The highest BCUT2D eigenvalue weighted by Gasteiger charge is 2.38. The van der Waals surface area contributed by atoms with E-state index in [1.165, 1.54) is 0 Å². The summed E-state index contributed by atoms with van der Waals surface area (Å²) >= 11 is 6.07. The summed E-state index contributed by atoms with van der Waals surface area (Å²) in [5.74, 6) is 0.0856. The van der Waals surface area contributed by atoms with Crippen molar-refractivity contribution in [3.63, 3.8) is 0 Å². The number of rotatable bonds is 4. The fourth-order valence-electron chi connectivity index (χ4n) is 2.45. The fourth-order valence-corrected chi connectivity index (χ4v) is 2.65. The molecule has 2 N–H and O–H groups in total. The number of amides is 1. The van der Waals surface area contributed by atoms with Crippen LogP contribution in [-0.2, 0) is 11.3 Å². The second-order valence-electron chi connectivity index (χ2n) is 4.74. The molecular formula is C14H19ClN2O. The van der Waals surface area contributed by atoms with Crippen molar-refractivity contribution in [2.24, 2.45) is 0 Å². The van der Waals surface area contributed by atoms with Crippen molar-refractivity contribution in [1.29, 1.82) is 0 Å². The number of hydrogen-bond donors (Lipinski definition) is 2. The van der Waals surface area contributed by atoms with Crippen LogP contribution in [0.15, 0.2) is 24.3 Å². The highest BCUT2D eigenvalue weighted by atomic mass is 35.5. The monoisotopic (exact) mass is 266 g/mol. The van der Waals surface area contributed by atoms with Crippen LogP contribution in [0.2, 0.25) is 5.02 Å². The summed E-state index contributed by atoms with van der Waals surface area (Å²) in [5, 5.41) is 7.01. The van der Waals surface area contributed by atoms with Crippen molar-refractivity contribution in [3.05, 3.63) is 34.9 Å². The Hall–Kier alpha value is -1.06. The third kappa shape index (κ3) is 2.68. The Balaban J connectivity index is 1.98. The molecule has 1 unspecified atom stereocenters. The van der Waals surface area contributed by atoms with Gasteiger partial charge in [-0.1, -0.05) is 36.7 Å². The van der Waals surface area contributed by atoms with Gasteiger partial charge in [0.25, 0.3) is 0 Å². The fraction of sp³-hybridized carbons (Fsp3) is 0.500. The lowest BCUT2D eigenvalue weighted by atomic mass is 9.93. The summed E-state index contributed by atoms with van der Waals surface area (Å²) in [6.07, 6.45) is 2.80. The number of hydrogen-bond acceptors (Lipinski definition) is 2. The summed E-state index contributed by atoms with van der Waals surface area (Å²) in [6, 6.07) is 7.59. The Morgan fingerprint density at radius 1 is 1.50 bits per heavy atom. The highest BCUT2D eigenvalue weighted by Crippen LogP contribution is 2.23. The van der Waals surface area contributed by atoms with E-state index in [-0.39, 0.29) is 11.4 Å². The molecule has 1 aliphatic heterocycles. The molecule has 3 nitrogen and oxygen atoms in total. The van der Waals surface area contributed by atoms with Crippen molar-refractivity contribution < 1.29 is 4.79 Å². The third-order valence-electron chi connectivity index (χ3n) is 3.68. The van der Waals surface area contributed by atoms with E-state index in [4.69, 9.17) is 11.6 Å². The van der Waals surface area contributed by atoms with Gasteiger partial charge >= 0.3 is 0 Å². The molecule has 2 rings (SSSR count). The van der Waals surface area contributed by atoms with E-state index in [0.717, 1.165) is 31.4 Å². The number of benzene rings is 1. The Labute approximate surface area is 113 Å².